The molecule has 1 aromatic heterocycles. The summed E-state index contributed by atoms with van der Waals surface area (Å²) in [6.45, 7) is 9.52. The molecule has 0 amide bonds. The minimum Gasteiger partial charge on any atom is -0.457 e. The second-order valence-corrected chi connectivity index (χ2v) is 8.02. The van der Waals surface area contributed by atoms with Crippen LogP contribution >= 0.6 is 0 Å². The third-order valence-electron chi connectivity index (χ3n) is 5.13. The van der Waals surface area contributed by atoms with Gasteiger partial charge in [0.25, 0.3) is 0 Å². The van der Waals surface area contributed by atoms with Crippen molar-refractivity contribution < 1.29 is 38.1 Å². The largest absolute Gasteiger partial charge is 0.457 e. The van der Waals surface area contributed by atoms with Gasteiger partial charge in [-0.15, -0.1) is 0 Å². The Hall–Kier alpha value is -3.62. The maximum Gasteiger partial charge on any atom is 0.337 e. The van der Waals surface area contributed by atoms with Crippen molar-refractivity contribution in [2.24, 2.45) is 0 Å². The Morgan fingerprint density at radius 3 is 2.29 bits per heavy atom. The standard InChI is InChI=1S/C25H31NO8/c1-7-16(5)24(29)34-20-12-21(33-17(6)27)26-10-9-19(23(20)26)14-32-25(30)18(8-2)13-31-22(28)11-15(3)4/h7-11,20-21H,12-14H2,1-6H3/t20-,21-/m0/s1. The summed E-state index contributed by atoms with van der Waals surface area (Å²) in [5.74, 6) is -2.13. The molecule has 9 nitrogen and oxygen atoms in total. The topological polar surface area (TPSA) is 110 Å². The third kappa shape index (κ3) is 6.94. The van der Waals surface area contributed by atoms with Crippen molar-refractivity contribution in [3.63, 3.8) is 0 Å². The summed E-state index contributed by atoms with van der Waals surface area (Å²) in [7, 11) is 0. The predicted molar refractivity (Wildman–Crippen MR) is 122 cm³/mol. The number of fused-ring (bicyclic) bond motifs is 1. The van der Waals surface area contributed by atoms with Crippen LogP contribution in [0.4, 0.5) is 0 Å². The fourth-order valence-electron chi connectivity index (χ4n) is 3.32. The van der Waals surface area contributed by atoms with Gasteiger partial charge in [-0.2, -0.15) is 0 Å². The van der Waals surface area contributed by atoms with Crippen LogP contribution in [0.2, 0.25) is 0 Å². The Labute approximate surface area is 199 Å². The lowest BCUT2D eigenvalue weighted by molar-refractivity contribution is -0.153. The van der Waals surface area contributed by atoms with Gasteiger partial charge >= 0.3 is 23.9 Å². The molecule has 184 valence electrons. The monoisotopic (exact) mass is 473 g/mol. The van der Waals surface area contributed by atoms with Gasteiger partial charge in [0.2, 0.25) is 0 Å². The molecule has 0 aliphatic carbocycles. The molecule has 2 heterocycles. The van der Waals surface area contributed by atoms with E-state index in [1.807, 2.05) is 0 Å². The molecule has 34 heavy (non-hydrogen) atoms. The van der Waals surface area contributed by atoms with Crippen LogP contribution < -0.4 is 0 Å². The van der Waals surface area contributed by atoms with E-state index in [1.165, 1.54) is 19.1 Å². The molecule has 0 bridgehead atoms. The van der Waals surface area contributed by atoms with Crippen molar-refractivity contribution >= 4 is 23.9 Å². The lowest BCUT2D eigenvalue weighted by Gasteiger charge is -2.15. The van der Waals surface area contributed by atoms with Crippen molar-refractivity contribution in [3.8, 4) is 0 Å². The highest BCUT2D eigenvalue weighted by atomic mass is 16.6. The Kier molecular flexibility index (Phi) is 9.41. The highest BCUT2D eigenvalue weighted by Gasteiger charge is 2.37. The zero-order valence-electron chi connectivity index (χ0n) is 20.4. The second kappa shape index (κ2) is 12.0. The summed E-state index contributed by atoms with van der Waals surface area (Å²) < 4.78 is 23.2. The molecule has 1 aromatic rings. The molecule has 2 rings (SSSR count). The van der Waals surface area contributed by atoms with E-state index < -0.39 is 36.2 Å². The molecule has 0 radical (unpaired) electrons. The van der Waals surface area contributed by atoms with E-state index in [4.69, 9.17) is 18.9 Å². The van der Waals surface area contributed by atoms with Crippen molar-refractivity contribution in [3.05, 3.63) is 58.5 Å². The average Bonchev–Trinajstić information content (AvgIpc) is 3.32. The first kappa shape index (κ1) is 26.6. The van der Waals surface area contributed by atoms with Crippen molar-refractivity contribution in [2.45, 2.75) is 66.9 Å². The van der Waals surface area contributed by atoms with Crippen molar-refractivity contribution in [1.29, 1.82) is 0 Å². The van der Waals surface area contributed by atoms with Gasteiger partial charge in [-0.3, -0.25) is 4.79 Å². The minimum absolute atomic E-state index is 0.107. The molecule has 0 spiro atoms. The van der Waals surface area contributed by atoms with Gasteiger partial charge in [-0.05, 0) is 40.7 Å². The highest BCUT2D eigenvalue weighted by molar-refractivity contribution is 5.90. The van der Waals surface area contributed by atoms with E-state index in [1.54, 1.807) is 57.5 Å². The van der Waals surface area contributed by atoms with Gasteiger partial charge in [-0.25, -0.2) is 14.4 Å². The van der Waals surface area contributed by atoms with Gasteiger partial charge in [0.1, 0.15) is 19.3 Å². The van der Waals surface area contributed by atoms with Crippen LogP contribution in [-0.4, -0.2) is 35.1 Å². The predicted octanol–water partition coefficient (Wildman–Crippen LogP) is 4.00. The van der Waals surface area contributed by atoms with E-state index in [-0.39, 0.29) is 25.2 Å². The molecule has 0 fully saturated rings. The summed E-state index contributed by atoms with van der Waals surface area (Å²) in [6.07, 6.45) is 5.12. The number of carbonyl (C=O) groups excluding carboxylic acids is 4. The second-order valence-electron chi connectivity index (χ2n) is 8.02. The number of esters is 4. The van der Waals surface area contributed by atoms with Crippen LogP contribution in [0.25, 0.3) is 0 Å². The van der Waals surface area contributed by atoms with E-state index in [0.29, 0.717) is 16.8 Å². The fourth-order valence-corrected chi connectivity index (χ4v) is 3.32. The van der Waals surface area contributed by atoms with Crippen LogP contribution in [0.15, 0.2) is 47.2 Å². The first-order chi connectivity index (χ1) is 16.1. The van der Waals surface area contributed by atoms with Gasteiger partial charge in [0, 0.05) is 36.8 Å². The van der Waals surface area contributed by atoms with E-state index in [9.17, 15) is 19.2 Å². The van der Waals surface area contributed by atoms with Crippen LogP contribution in [-0.2, 0) is 44.7 Å². The number of nitrogens with zero attached hydrogens (tertiary/aromatic N) is 1. The van der Waals surface area contributed by atoms with Crippen molar-refractivity contribution in [1.82, 2.24) is 4.57 Å². The minimum atomic E-state index is -0.679. The summed E-state index contributed by atoms with van der Waals surface area (Å²) in [4.78, 5) is 48.1. The molecule has 0 saturated heterocycles. The fraction of sp³-hybridized carbons (Fsp3) is 0.440. The summed E-state index contributed by atoms with van der Waals surface area (Å²) >= 11 is 0. The zero-order chi connectivity index (χ0) is 25.4. The first-order valence-electron chi connectivity index (χ1n) is 10.9. The number of hydrogen-bond donors (Lipinski definition) is 0. The Morgan fingerprint density at radius 1 is 1.00 bits per heavy atom. The Morgan fingerprint density at radius 2 is 1.71 bits per heavy atom. The maximum absolute atomic E-state index is 12.5. The molecule has 1 aliphatic rings. The van der Waals surface area contributed by atoms with E-state index in [2.05, 4.69) is 0 Å². The first-order valence-corrected chi connectivity index (χ1v) is 10.9. The van der Waals surface area contributed by atoms with Crippen LogP contribution in [0.3, 0.4) is 0 Å². The average molecular weight is 474 g/mol. The SMILES string of the molecule is CC=C(C)C(=O)O[C@H]1C[C@H](OC(C)=O)n2ccc(COC(=O)C(=CC)COC(=O)C=C(C)C)c21. The van der Waals surface area contributed by atoms with Crippen LogP contribution in [0, 0.1) is 0 Å². The molecule has 0 unspecified atom stereocenters. The highest BCUT2D eigenvalue weighted by Crippen LogP contribution is 2.41. The summed E-state index contributed by atoms with van der Waals surface area (Å²) in [6, 6.07) is 1.71. The number of carbonyl (C=O) groups is 4. The van der Waals surface area contributed by atoms with Gasteiger partial charge in [-0.1, -0.05) is 17.7 Å². The quantitative estimate of drug-likeness (QED) is 0.301. The molecular weight excluding hydrogens is 442 g/mol. The molecule has 9 heteroatoms. The normalized spacial score (nSPS) is 17.5. The molecular formula is C25H31NO8. The summed E-state index contributed by atoms with van der Waals surface area (Å²) in [5, 5.41) is 0. The number of aromatic nitrogens is 1. The molecule has 0 saturated carbocycles. The smallest absolute Gasteiger partial charge is 0.337 e. The molecule has 1 aliphatic heterocycles. The van der Waals surface area contributed by atoms with Crippen molar-refractivity contribution in [2.75, 3.05) is 6.61 Å². The number of rotatable bonds is 9. The van der Waals surface area contributed by atoms with Gasteiger partial charge in [0.05, 0.1) is 11.3 Å². The van der Waals surface area contributed by atoms with E-state index >= 15 is 0 Å². The van der Waals surface area contributed by atoms with E-state index in [0.717, 1.165) is 5.57 Å². The molecule has 0 aromatic carbocycles. The molecule has 0 N–H and O–H groups in total. The number of hydrogen-bond acceptors (Lipinski definition) is 8. The Balaban J connectivity index is 2.14. The Bertz CT molecular complexity index is 1040. The molecule has 2 atom stereocenters. The lowest BCUT2D eigenvalue weighted by Crippen LogP contribution is -2.16. The maximum atomic E-state index is 12.5. The van der Waals surface area contributed by atoms with Crippen LogP contribution in [0.5, 0.6) is 0 Å². The number of allylic oxidation sites excluding steroid dienone is 3. The lowest BCUT2D eigenvalue weighted by atomic mass is 10.1. The summed E-state index contributed by atoms with van der Waals surface area (Å²) in [5.41, 5.74) is 2.62. The number of ether oxygens (including phenoxy) is 4. The van der Waals surface area contributed by atoms with Crippen LogP contribution in [0.1, 0.15) is 71.6 Å². The third-order valence-corrected chi connectivity index (χ3v) is 5.13. The van der Waals surface area contributed by atoms with Gasteiger partial charge in [0.15, 0.2) is 6.23 Å². The van der Waals surface area contributed by atoms with Gasteiger partial charge < -0.3 is 23.5 Å². The zero-order valence-corrected chi connectivity index (χ0v) is 20.4.